The van der Waals surface area contributed by atoms with E-state index in [-0.39, 0.29) is 18.9 Å². The first-order chi connectivity index (χ1) is 12.6. The Balaban J connectivity index is 1.92. The van der Waals surface area contributed by atoms with Crippen LogP contribution in [0, 0.1) is 0 Å². The maximum atomic E-state index is 12.1. The lowest BCUT2D eigenvalue weighted by Gasteiger charge is -2.21. The predicted octanol–water partition coefficient (Wildman–Crippen LogP) is 1.81. The number of carbonyl (C=O) groups excluding carboxylic acids is 1. The summed E-state index contributed by atoms with van der Waals surface area (Å²) in [6.07, 6.45) is 5.41. The fourth-order valence-electron chi connectivity index (χ4n) is 3.20. The molecule has 0 aromatic carbocycles. The zero-order valence-electron chi connectivity index (χ0n) is 15.2. The molecule has 2 aromatic heterocycles. The van der Waals surface area contributed by atoms with Crippen LogP contribution >= 0.6 is 0 Å². The number of likely N-dealkylation sites (N-methyl/N-ethyl adjacent to an activating group) is 1. The van der Waals surface area contributed by atoms with E-state index in [1.807, 2.05) is 18.0 Å². The second kappa shape index (κ2) is 8.23. The number of aryl methyl sites for hydroxylation is 1. The highest BCUT2D eigenvalue weighted by Crippen LogP contribution is 2.31. The molecular weight excluding hydrogens is 332 g/mol. The normalized spacial score (nSPS) is 12.7. The highest BCUT2D eigenvalue weighted by atomic mass is 16.5. The Morgan fingerprint density at radius 2 is 2.19 bits per heavy atom. The number of hydrogen-bond donors (Lipinski definition) is 1. The molecule has 0 spiro atoms. The zero-order chi connectivity index (χ0) is 18.5. The van der Waals surface area contributed by atoms with Crippen molar-refractivity contribution in [2.24, 2.45) is 0 Å². The number of pyridine rings is 1. The van der Waals surface area contributed by atoms with Crippen molar-refractivity contribution < 1.29 is 14.6 Å². The number of aliphatic hydroxyl groups excluding tert-OH is 1. The van der Waals surface area contributed by atoms with Gasteiger partial charge in [-0.2, -0.15) is 0 Å². The minimum absolute atomic E-state index is 0.0318. The van der Waals surface area contributed by atoms with Gasteiger partial charge in [0.25, 0.3) is 0 Å². The average molecular weight is 356 g/mol. The second-order valence-electron chi connectivity index (χ2n) is 6.45. The predicted molar refractivity (Wildman–Crippen MR) is 98.4 cm³/mol. The van der Waals surface area contributed by atoms with Crippen LogP contribution in [0.2, 0.25) is 0 Å². The van der Waals surface area contributed by atoms with E-state index >= 15 is 0 Å². The van der Waals surface area contributed by atoms with Crippen molar-refractivity contribution in [1.29, 1.82) is 0 Å². The topological polar surface area (TPSA) is 88.4 Å². The highest BCUT2D eigenvalue weighted by Gasteiger charge is 2.23. The monoisotopic (exact) mass is 356 g/mol. The number of ether oxygens (including phenoxy) is 1. The Morgan fingerprint density at radius 3 is 2.96 bits per heavy atom. The molecule has 2 heterocycles. The van der Waals surface area contributed by atoms with E-state index in [4.69, 9.17) is 19.8 Å². The second-order valence-corrected chi connectivity index (χ2v) is 6.45. The first kappa shape index (κ1) is 18.3. The minimum atomic E-state index is 0.0318. The lowest BCUT2D eigenvalue weighted by atomic mass is 10.2. The highest BCUT2D eigenvalue weighted by molar-refractivity contribution is 5.83. The molecule has 138 valence electrons. The number of Topliss-reactive ketones (excluding diaryl/α,β-unsaturated/α-hetero) is 1. The third-order valence-electron chi connectivity index (χ3n) is 4.50. The molecule has 0 radical (unpaired) electrons. The number of anilines is 1. The summed E-state index contributed by atoms with van der Waals surface area (Å²) in [5.74, 6) is 2.14. The SMILES string of the molecule is COc1ccnc(-c2nc3c(c(N(C)CC(=O)CCCO)n2)CCC3)c1. The molecule has 7 heteroatoms. The molecule has 1 N–H and O–H groups in total. The summed E-state index contributed by atoms with van der Waals surface area (Å²) >= 11 is 0. The van der Waals surface area contributed by atoms with Crippen LogP contribution in [0.1, 0.15) is 30.5 Å². The number of aliphatic hydroxyl groups is 1. The van der Waals surface area contributed by atoms with Gasteiger partial charge in [-0.1, -0.05) is 0 Å². The van der Waals surface area contributed by atoms with Gasteiger partial charge in [0.1, 0.15) is 17.3 Å². The summed E-state index contributed by atoms with van der Waals surface area (Å²) < 4.78 is 5.27. The van der Waals surface area contributed by atoms with E-state index < -0.39 is 0 Å². The summed E-state index contributed by atoms with van der Waals surface area (Å²) in [7, 11) is 3.49. The van der Waals surface area contributed by atoms with Gasteiger partial charge in [0.15, 0.2) is 11.6 Å². The minimum Gasteiger partial charge on any atom is -0.497 e. The van der Waals surface area contributed by atoms with Crippen molar-refractivity contribution >= 4 is 11.6 Å². The molecule has 0 saturated carbocycles. The Hall–Kier alpha value is -2.54. The fourth-order valence-corrected chi connectivity index (χ4v) is 3.20. The number of nitrogens with zero attached hydrogens (tertiary/aromatic N) is 4. The Morgan fingerprint density at radius 1 is 1.35 bits per heavy atom. The lowest BCUT2D eigenvalue weighted by molar-refractivity contribution is -0.118. The molecule has 0 amide bonds. The lowest BCUT2D eigenvalue weighted by Crippen LogP contribution is -2.28. The number of rotatable bonds is 8. The molecule has 0 bridgehead atoms. The number of fused-ring (bicyclic) bond motifs is 1. The quantitative estimate of drug-likeness (QED) is 0.772. The van der Waals surface area contributed by atoms with Gasteiger partial charge < -0.3 is 14.7 Å². The van der Waals surface area contributed by atoms with E-state index in [1.165, 1.54) is 0 Å². The van der Waals surface area contributed by atoms with Gasteiger partial charge in [-0.3, -0.25) is 9.78 Å². The van der Waals surface area contributed by atoms with Crippen LogP contribution in [0.25, 0.3) is 11.5 Å². The maximum Gasteiger partial charge on any atom is 0.180 e. The molecule has 2 aromatic rings. The van der Waals surface area contributed by atoms with Crippen molar-refractivity contribution in [3.05, 3.63) is 29.6 Å². The molecule has 0 saturated heterocycles. The number of hydrogen-bond acceptors (Lipinski definition) is 7. The molecule has 3 rings (SSSR count). The van der Waals surface area contributed by atoms with Gasteiger partial charge in [0.2, 0.25) is 0 Å². The van der Waals surface area contributed by atoms with Crippen molar-refractivity contribution in [3.63, 3.8) is 0 Å². The van der Waals surface area contributed by atoms with E-state index in [0.717, 1.165) is 36.3 Å². The summed E-state index contributed by atoms with van der Waals surface area (Å²) in [6.45, 7) is 0.304. The summed E-state index contributed by atoms with van der Waals surface area (Å²) in [5.41, 5.74) is 2.80. The van der Waals surface area contributed by atoms with Crippen LogP contribution < -0.4 is 9.64 Å². The first-order valence-corrected chi connectivity index (χ1v) is 8.86. The van der Waals surface area contributed by atoms with Crippen molar-refractivity contribution in [2.45, 2.75) is 32.1 Å². The van der Waals surface area contributed by atoms with E-state index in [1.54, 1.807) is 19.4 Å². The number of aromatic nitrogens is 3. The summed E-state index contributed by atoms with van der Waals surface area (Å²) in [5, 5.41) is 8.89. The Bertz CT molecular complexity index is 794. The van der Waals surface area contributed by atoms with Crippen molar-refractivity contribution in [1.82, 2.24) is 15.0 Å². The zero-order valence-corrected chi connectivity index (χ0v) is 15.2. The molecule has 1 aliphatic carbocycles. The average Bonchev–Trinajstić information content (AvgIpc) is 3.14. The van der Waals surface area contributed by atoms with E-state index in [9.17, 15) is 4.79 Å². The molecule has 7 nitrogen and oxygen atoms in total. The van der Waals surface area contributed by atoms with Gasteiger partial charge in [-0.05, 0) is 31.7 Å². The van der Waals surface area contributed by atoms with Crippen LogP contribution in [0.4, 0.5) is 5.82 Å². The number of carbonyl (C=O) groups is 1. The summed E-state index contributed by atoms with van der Waals surface area (Å²) in [6, 6.07) is 3.59. The van der Waals surface area contributed by atoms with Gasteiger partial charge in [0, 0.05) is 43.6 Å². The van der Waals surface area contributed by atoms with Gasteiger partial charge in [0.05, 0.1) is 13.7 Å². The standard InChI is InChI=1S/C19H24N4O3/c1-23(12-13(25)5-4-10-24)19-15-6-3-7-16(15)21-18(22-19)17-11-14(26-2)8-9-20-17/h8-9,11,24H,3-7,10,12H2,1-2H3. The Kier molecular flexibility index (Phi) is 5.78. The van der Waals surface area contributed by atoms with Gasteiger partial charge in [-0.15, -0.1) is 0 Å². The Labute approximate surface area is 153 Å². The van der Waals surface area contributed by atoms with Crippen LogP contribution in [-0.2, 0) is 17.6 Å². The van der Waals surface area contributed by atoms with Crippen LogP contribution in [0.15, 0.2) is 18.3 Å². The van der Waals surface area contributed by atoms with Crippen LogP contribution in [-0.4, -0.2) is 53.2 Å². The number of methoxy groups -OCH3 is 1. The molecule has 0 atom stereocenters. The van der Waals surface area contributed by atoms with Gasteiger partial charge >= 0.3 is 0 Å². The molecule has 1 aliphatic rings. The smallest absolute Gasteiger partial charge is 0.180 e. The van der Waals surface area contributed by atoms with Gasteiger partial charge in [-0.25, -0.2) is 9.97 Å². The third kappa shape index (κ3) is 3.99. The molecule has 0 aliphatic heterocycles. The largest absolute Gasteiger partial charge is 0.497 e. The van der Waals surface area contributed by atoms with Crippen LogP contribution in [0.3, 0.4) is 0 Å². The van der Waals surface area contributed by atoms with Crippen LogP contribution in [0.5, 0.6) is 5.75 Å². The summed E-state index contributed by atoms with van der Waals surface area (Å²) in [4.78, 5) is 27.8. The first-order valence-electron chi connectivity index (χ1n) is 8.86. The maximum absolute atomic E-state index is 12.1. The molecule has 0 fully saturated rings. The molecule has 26 heavy (non-hydrogen) atoms. The number of ketones is 1. The van der Waals surface area contributed by atoms with Crippen molar-refractivity contribution in [2.75, 3.05) is 32.2 Å². The van der Waals surface area contributed by atoms with E-state index in [2.05, 4.69) is 4.98 Å². The molecular formula is C19H24N4O3. The van der Waals surface area contributed by atoms with E-state index in [0.29, 0.717) is 30.1 Å². The van der Waals surface area contributed by atoms with Crippen molar-refractivity contribution in [3.8, 4) is 17.3 Å². The third-order valence-corrected chi connectivity index (χ3v) is 4.50. The fraction of sp³-hybridized carbons (Fsp3) is 0.474. The molecule has 0 unspecified atom stereocenters.